The first-order valence-electron chi connectivity index (χ1n) is 13.3. The first-order chi connectivity index (χ1) is 20.2. The summed E-state index contributed by atoms with van der Waals surface area (Å²) in [4.78, 5) is 72.1. The summed E-state index contributed by atoms with van der Waals surface area (Å²) >= 11 is 20.5. The predicted molar refractivity (Wildman–Crippen MR) is 175 cm³/mol. The van der Waals surface area contributed by atoms with E-state index in [4.69, 9.17) is 34.8 Å². The lowest BCUT2D eigenvalue weighted by Crippen LogP contribution is -2.38. The molecule has 6 amide bonds. The molecule has 0 saturated heterocycles. The standard InChI is InChI=1S/C24H41Cl3N6O6S3/c25-13-19(34)30-5-10-40-16-22(37)28-3-1-8-33(24(39)18-42-12-7-32-21(36)15-27)9-2-4-29-23(38)17-41-11-6-31-20(35)14-26/h1-18H2,(H,28,37)(H,29,38)(H,30,34)(H,31,35)(H,32,36). The van der Waals surface area contributed by atoms with Gasteiger partial charge in [-0.15, -0.1) is 34.8 Å². The van der Waals surface area contributed by atoms with Gasteiger partial charge in [-0.1, -0.05) is 0 Å². The molecule has 0 aromatic rings. The van der Waals surface area contributed by atoms with Crippen molar-refractivity contribution in [1.29, 1.82) is 0 Å². The van der Waals surface area contributed by atoms with E-state index in [1.165, 1.54) is 35.3 Å². The molecule has 0 aliphatic heterocycles. The molecule has 0 saturated carbocycles. The SMILES string of the molecule is O=C(CCl)NCCSCC(=O)NCCCN(CCCNC(=O)CSCCNC(=O)CCl)C(=O)CSCCNC(=O)CCl. The van der Waals surface area contributed by atoms with Crippen LogP contribution in [0.3, 0.4) is 0 Å². The number of rotatable bonds is 26. The number of thioether (sulfide) groups is 3. The molecule has 0 radical (unpaired) electrons. The van der Waals surface area contributed by atoms with E-state index in [9.17, 15) is 28.8 Å². The molecule has 0 spiro atoms. The number of halogens is 3. The Morgan fingerprint density at radius 1 is 0.476 bits per heavy atom. The molecule has 0 fully saturated rings. The van der Waals surface area contributed by atoms with E-state index >= 15 is 0 Å². The second kappa shape index (κ2) is 28.5. The average molecular weight is 712 g/mol. The minimum absolute atomic E-state index is 0.0644. The van der Waals surface area contributed by atoms with Crippen LogP contribution in [0.2, 0.25) is 0 Å². The molecule has 0 bridgehead atoms. The third-order valence-electron chi connectivity index (χ3n) is 4.97. The second-order valence-electron chi connectivity index (χ2n) is 8.40. The monoisotopic (exact) mass is 710 g/mol. The summed E-state index contributed by atoms with van der Waals surface area (Å²) in [5.41, 5.74) is 0. The molecule has 0 aliphatic carbocycles. The van der Waals surface area contributed by atoms with Crippen molar-refractivity contribution in [2.24, 2.45) is 0 Å². The van der Waals surface area contributed by atoms with Gasteiger partial charge in [-0.2, -0.15) is 35.3 Å². The fourth-order valence-corrected chi connectivity index (χ4v) is 5.36. The van der Waals surface area contributed by atoms with Crippen molar-refractivity contribution >= 4 is 106 Å². The topological polar surface area (TPSA) is 166 Å². The molecule has 0 unspecified atom stereocenters. The Bertz CT molecular complexity index is 789. The van der Waals surface area contributed by atoms with Gasteiger partial charge in [0.05, 0.1) is 17.3 Å². The normalized spacial score (nSPS) is 10.5. The molecule has 18 heteroatoms. The Balaban J connectivity index is 4.39. The third-order valence-corrected chi connectivity index (χ3v) is 8.56. The molecule has 0 atom stereocenters. The van der Waals surface area contributed by atoms with Gasteiger partial charge in [0.15, 0.2) is 0 Å². The summed E-state index contributed by atoms with van der Waals surface area (Å²) in [6.07, 6.45) is 1.13. The minimum atomic E-state index is -0.262. The molecule has 42 heavy (non-hydrogen) atoms. The van der Waals surface area contributed by atoms with Crippen molar-refractivity contribution in [3.8, 4) is 0 Å². The van der Waals surface area contributed by atoms with E-state index in [1.54, 1.807) is 4.90 Å². The largest absolute Gasteiger partial charge is 0.355 e. The van der Waals surface area contributed by atoms with Gasteiger partial charge in [-0.3, -0.25) is 28.8 Å². The maximum atomic E-state index is 12.8. The van der Waals surface area contributed by atoms with Crippen LogP contribution in [0.5, 0.6) is 0 Å². The van der Waals surface area contributed by atoms with Crippen LogP contribution in [0.25, 0.3) is 0 Å². The van der Waals surface area contributed by atoms with Gasteiger partial charge >= 0.3 is 0 Å². The number of amides is 6. The van der Waals surface area contributed by atoms with Crippen LogP contribution >= 0.6 is 70.1 Å². The smallest absolute Gasteiger partial charge is 0.234 e. The van der Waals surface area contributed by atoms with E-state index in [-0.39, 0.29) is 70.3 Å². The summed E-state index contributed by atoms with van der Waals surface area (Å²) < 4.78 is 0. The highest BCUT2D eigenvalue weighted by atomic mass is 35.5. The number of hydrogen-bond donors (Lipinski definition) is 5. The quantitative estimate of drug-likeness (QED) is 0.0618. The van der Waals surface area contributed by atoms with Crippen molar-refractivity contribution < 1.29 is 28.8 Å². The summed E-state index contributed by atoms with van der Waals surface area (Å²) in [6.45, 7) is 2.98. The highest BCUT2D eigenvalue weighted by Gasteiger charge is 2.14. The first kappa shape index (κ1) is 40.7. The number of alkyl halides is 3. The van der Waals surface area contributed by atoms with Gasteiger partial charge in [0.25, 0.3) is 0 Å². The average Bonchev–Trinajstić information content (AvgIpc) is 2.98. The Labute approximate surface area is 275 Å². The zero-order valence-corrected chi connectivity index (χ0v) is 28.2. The number of nitrogens with one attached hydrogen (secondary N) is 5. The minimum Gasteiger partial charge on any atom is -0.355 e. The lowest BCUT2D eigenvalue weighted by molar-refractivity contribution is -0.128. The maximum Gasteiger partial charge on any atom is 0.234 e. The summed E-state index contributed by atoms with van der Waals surface area (Å²) in [5, 5.41) is 13.6. The predicted octanol–water partition coefficient (Wildman–Crippen LogP) is 0.0922. The Hall–Kier alpha value is -1.26. The van der Waals surface area contributed by atoms with Gasteiger partial charge in [0.2, 0.25) is 35.4 Å². The fraction of sp³-hybridized carbons (Fsp3) is 0.750. The van der Waals surface area contributed by atoms with Crippen molar-refractivity contribution in [1.82, 2.24) is 31.5 Å². The summed E-state index contributed by atoms with van der Waals surface area (Å²) in [7, 11) is 0. The number of hydrogen-bond acceptors (Lipinski definition) is 9. The van der Waals surface area contributed by atoms with Crippen LogP contribution in [0.1, 0.15) is 12.8 Å². The lowest BCUT2D eigenvalue weighted by Gasteiger charge is -2.23. The van der Waals surface area contributed by atoms with Crippen LogP contribution in [-0.4, -0.2) is 138 Å². The van der Waals surface area contributed by atoms with E-state index in [0.717, 1.165) is 0 Å². The maximum absolute atomic E-state index is 12.8. The van der Waals surface area contributed by atoms with Crippen LogP contribution < -0.4 is 26.6 Å². The molecular weight excluding hydrogens is 671 g/mol. The molecule has 12 nitrogen and oxygen atoms in total. The van der Waals surface area contributed by atoms with E-state index < -0.39 is 0 Å². The van der Waals surface area contributed by atoms with Crippen LogP contribution in [0.15, 0.2) is 0 Å². The van der Waals surface area contributed by atoms with E-state index in [1.807, 2.05) is 0 Å². The van der Waals surface area contributed by atoms with Gasteiger partial charge < -0.3 is 31.5 Å². The molecule has 0 rings (SSSR count). The molecule has 0 aromatic carbocycles. The fourth-order valence-electron chi connectivity index (χ4n) is 2.97. The van der Waals surface area contributed by atoms with Crippen LogP contribution in [-0.2, 0) is 28.8 Å². The molecular formula is C24H41Cl3N6O6S3. The summed E-state index contributed by atoms with van der Waals surface area (Å²) in [6, 6.07) is 0. The van der Waals surface area contributed by atoms with Crippen LogP contribution in [0, 0.1) is 0 Å². The Morgan fingerprint density at radius 2 is 0.810 bits per heavy atom. The Kier molecular flexibility index (Phi) is 27.7. The number of nitrogens with zero attached hydrogens (tertiary/aromatic N) is 1. The Morgan fingerprint density at radius 3 is 1.17 bits per heavy atom. The van der Waals surface area contributed by atoms with Crippen molar-refractivity contribution in [2.45, 2.75) is 12.8 Å². The molecule has 0 aliphatic rings. The molecule has 5 N–H and O–H groups in total. The van der Waals surface area contributed by atoms with Gasteiger partial charge in [-0.25, -0.2) is 0 Å². The zero-order chi connectivity index (χ0) is 31.4. The first-order valence-corrected chi connectivity index (χ1v) is 18.3. The molecule has 0 aromatic heterocycles. The highest BCUT2D eigenvalue weighted by Crippen LogP contribution is 2.05. The summed E-state index contributed by atoms with van der Waals surface area (Å²) in [5.74, 6) is 1.13. The van der Waals surface area contributed by atoms with Gasteiger partial charge in [-0.05, 0) is 12.8 Å². The number of carbonyl (C=O) groups excluding carboxylic acids is 6. The zero-order valence-electron chi connectivity index (χ0n) is 23.5. The molecule has 242 valence electrons. The highest BCUT2D eigenvalue weighted by molar-refractivity contribution is 8.00. The van der Waals surface area contributed by atoms with Crippen LogP contribution in [0.4, 0.5) is 0 Å². The molecule has 0 heterocycles. The third kappa shape index (κ3) is 25.3. The van der Waals surface area contributed by atoms with Crippen molar-refractivity contribution in [3.63, 3.8) is 0 Å². The number of carbonyl (C=O) groups is 6. The second-order valence-corrected chi connectivity index (χ2v) is 12.5. The van der Waals surface area contributed by atoms with E-state index in [2.05, 4.69) is 26.6 Å². The van der Waals surface area contributed by atoms with Crippen molar-refractivity contribution in [3.05, 3.63) is 0 Å². The van der Waals surface area contributed by atoms with E-state index in [0.29, 0.717) is 75.9 Å². The van der Waals surface area contributed by atoms with Gasteiger partial charge in [0, 0.05) is 63.1 Å². The lowest BCUT2D eigenvalue weighted by atomic mass is 10.3. The van der Waals surface area contributed by atoms with Crippen molar-refractivity contribution in [2.75, 3.05) is 98.0 Å². The van der Waals surface area contributed by atoms with Gasteiger partial charge in [0.1, 0.15) is 17.6 Å².